The first kappa shape index (κ1) is 14.9. The first-order valence-electron chi connectivity index (χ1n) is 7.06. The van der Waals surface area contributed by atoms with Crippen molar-refractivity contribution in [2.24, 2.45) is 10.8 Å². The van der Waals surface area contributed by atoms with Crippen LogP contribution in [0.1, 0.15) is 63.5 Å². The van der Waals surface area contributed by atoms with E-state index < -0.39 is 5.97 Å². The average Bonchev–Trinajstić information content (AvgIpc) is 2.66. The van der Waals surface area contributed by atoms with Gasteiger partial charge in [-0.15, -0.1) is 0 Å². The number of anilines is 1. The molecular formula is C15H25N3O2. The minimum atomic E-state index is -0.476. The molecule has 0 bridgehead atoms. The monoisotopic (exact) mass is 279 g/mol. The molecule has 1 heterocycles. The van der Waals surface area contributed by atoms with Crippen LogP contribution in [0.5, 0.6) is 0 Å². The van der Waals surface area contributed by atoms with E-state index in [0.717, 1.165) is 12.8 Å². The number of carbonyl (C=O) groups is 1. The Morgan fingerprint density at radius 2 is 1.90 bits per heavy atom. The van der Waals surface area contributed by atoms with Crippen LogP contribution in [0.15, 0.2) is 6.33 Å². The number of methoxy groups -OCH3 is 1. The molecule has 1 aliphatic rings. The molecule has 1 aliphatic carbocycles. The van der Waals surface area contributed by atoms with Gasteiger partial charge >= 0.3 is 5.97 Å². The van der Waals surface area contributed by atoms with Crippen molar-refractivity contribution in [3.63, 3.8) is 0 Å². The van der Waals surface area contributed by atoms with E-state index in [2.05, 4.69) is 32.7 Å². The number of nitrogens with zero attached hydrogens (tertiary/aromatic N) is 2. The van der Waals surface area contributed by atoms with E-state index >= 15 is 0 Å². The molecule has 1 saturated carbocycles. The number of carbonyl (C=O) groups excluding carboxylic acids is 1. The Balaban J connectivity index is 2.32. The molecule has 0 unspecified atom stereocenters. The van der Waals surface area contributed by atoms with E-state index in [0.29, 0.717) is 5.82 Å². The highest BCUT2D eigenvalue weighted by Gasteiger charge is 2.39. The van der Waals surface area contributed by atoms with Crippen LogP contribution >= 0.6 is 0 Å². The number of nitrogens with two attached hydrogens (primary N) is 1. The van der Waals surface area contributed by atoms with E-state index in [-0.39, 0.29) is 22.6 Å². The van der Waals surface area contributed by atoms with E-state index in [1.165, 1.54) is 13.5 Å². The highest BCUT2D eigenvalue weighted by Crippen LogP contribution is 2.50. The molecule has 2 rings (SSSR count). The quantitative estimate of drug-likeness (QED) is 0.845. The Hall–Kier alpha value is -1.52. The van der Waals surface area contributed by atoms with E-state index in [9.17, 15) is 4.79 Å². The smallest absolute Gasteiger partial charge is 0.360 e. The normalized spacial score (nSPS) is 21.6. The largest absolute Gasteiger partial charge is 0.464 e. The molecule has 1 fully saturated rings. The molecular weight excluding hydrogens is 254 g/mol. The van der Waals surface area contributed by atoms with Gasteiger partial charge in [0.05, 0.1) is 13.4 Å². The minimum absolute atomic E-state index is 0.216. The highest BCUT2D eigenvalue weighted by atomic mass is 16.5. The van der Waals surface area contributed by atoms with E-state index in [1.54, 1.807) is 6.33 Å². The lowest BCUT2D eigenvalue weighted by molar-refractivity contribution is 0.0595. The fraction of sp³-hybridized carbons (Fsp3) is 0.733. The Bertz CT molecular complexity index is 501. The SMILES string of the molecule is COC(=O)c1ncn(C2CC(C)(C)CC(C)(C)C2)c1N. The summed E-state index contributed by atoms with van der Waals surface area (Å²) in [5.41, 5.74) is 6.82. The molecule has 1 aromatic heterocycles. The molecule has 5 nitrogen and oxygen atoms in total. The molecule has 0 aromatic carbocycles. The summed E-state index contributed by atoms with van der Waals surface area (Å²) in [5, 5.41) is 0. The molecule has 0 saturated heterocycles. The summed E-state index contributed by atoms with van der Waals surface area (Å²) in [5.74, 6) is -0.0640. The zero-order chi connectivity index (χ0) is 15.1. The lowest BCUT2D eigenvalue weighted by atomic mass is 9.63. The molecule has 0 radical (unpaired) electrons. The number of nitrogen functional groups attached to an aromatic ring is 1. The van der Waals surface area contributed by atoms with Crippen molar-refractivity contribution < 1.29 is 9.53 Å². The maximum absolute atomic E-state index is 11.6. The maximum Gasteiger partial charge on any atom is 0.360 e. The number of ether oxygens (including phenoxy) is 1. The molecule has 0 spiro atoms. The van der Waals surface area contributed by atoms with Gasteiger partial charge in [0.25, 0.3) is 0 Å². The fourth-order valence-corrected chi connectivity index (χ4v) is 3.90. The first-order valence-corrected chi connectivity index (χ1v) is 7.06. The third kappa shape index (κ3) is 2.81. The molecule has 20 heavy (non-hydrogen) atoms. The van der Waals surface area contributed by atoms with Crippen molar-refractivity contribution in [2.45, 2.75) is 53.0 Å². The summed E-state index contributed by atoms with van der Waals surface area (Å²) in [6.45, 7) is 9.15. The Morgan fingerprint density at radius 1 is 1.35 bits per heavy atom. The van der Waals surface area contributed by atoms with Crippen molar-refractivity contribution in [1.29, 1.82) is 0 Å². The van der Waals surface area contributed by atoms with Crippen molar-refractivity contribution in [3.05, 3.63) is 12.0 Å². The molecule has 0 atom stereocenters. The number of rotatable bonds is 2. The van der Waals surface area contributed by atoms with Gasteiger partial charge in [0, 0.05) is 6.04 Å². The lowest BCUT2D eigenvalue weighted by Crippen LogP contribution is -2.35. The predicted octanol–water partition coefficient (Wildman–Crippen LogP) is 3.03. The second-order valence-electron chi connectivity index (χ2n) is 7.44. The van der Waals surface area contributed by atoms with Gasteiger partial charge in [0.15, 0.2) is 5.69 Å². The fourth-order valence-electron chi connectivity index (χ4n) is 3.90. The van der Waals surface area contributed by atoms with Crippen molar-refractivity contribution in [1.82, 2.24) is 9.55 Å². The third-order valence-electron chi connectivity index (χ3n) is 4.14. The topological polar surface area (TPSA) is 70.1 Å². The van der Waals surface area contributed by atoms with Crippen LogP contribution in [0.25, 0.3) is 0 Å². The first-order chi connectivity index (χ1) is 9.15. The van der Waals surface area contributed by atoms with E-state index in [4.69, 9.17) is 10.5 Å². The predicted molar refractivity (Wildman–Crippen MR) is 78.4 cm³/mol. The number of aromatic nitrogens is 2. The van der Waals surface area contributed by atoms with Crippen LogP contribution in [0.3, 0.4) is 0 Å². The van der Waals surface area contributed by atoms with Crippen molar-refractivity contribution >= 4 is 11.8 Å². The van der Waals surface area contributed by atoms with Gasteiger partial charge in [-0.3, -0.25) is 0 Å². The highest BCUT2D eigenvalue weighted by molar-refractivity contribution is 5.92. The van der Waals surface area contributed by atoms with Gasteiger partial charge in [-0.1, -0.05) is 27.7 Å². The Labute approximate surface area is 120 Å². The number of esters is 1. The molecule has 1 aromatic rings. The lowest BCUT2D eigenvalue weighted by Gasteiger charge is -2.45. The Morgan fingerprint density at radius 3 is 2.40 bits per heavy atom. The van der Waals surface area contributed by atoms with Crippen LogP contribution in [-0.2, 0) is 4.74 Å². The number of hydrogen-bond acceptors (Lipinski definition) is 4. The Kier molecular flexibility index (Phi) is 3.56. The summed E-state index contributed by atoms with van der Waals surface area (Å²) < 4.78 is 6.64. The zero-order valence-electron chi connectivity index (χ0n) is 13.1. The summed E-state index contributed by atoms with van der Waals surface area (Å²) in [6, 6.07) is 0.277. The summed E-state index contributed by atoms with van der Waals surface area (Å²) in [4.78, 5) is 15.7. The second-order valence-corrected chi connectivity index (χ2v) is 7.44. The van der Waals surface area contributed by atoms with Crippen LogP contribution in [0.2, 0.25) is 0 Å². The van der Waals surface area contributed by atoms with Crippen LogP contribution < -0.4 is 5.73 Å². The molecule has 0 amide bonds. The molecule has 0 aliphatic heterocycles. The third-order valence-corrected chi connectivity index (χ3v) is 4.14. The van der Waals surface area contributed by atoms with Crippen LogP contribution in [0.4, 0.5) is 5.82 Å². The van der Waals surface area contributed by atoms with Crippen LogP contribution in [-0.4, -0.2) is 22.6 Å². The molecule has 2 N–H and O–H groups in total. The van der Waals surface area contributed by atoms with Crippen molar-refractivity contribution in [3.8, 4) is 0 Å². The zero-order valence-corrected chi connectivity index (χ0v) is 13.1. The summed E-state index contributed by atoms with van der Waals surface area (Å²) in [6.07, 6.45) is 4.94. The molecule has 112 valence electrons. The van der Waals surface area contributed by atoms with Gasteiger partial charge in [-0.05, 0) is 30.1 Å². The van der Waals surface area contributed by atoms with Gasteiger partial charge in [0.2, 0.25) is 0 Å². The summed E-state index contributed by atoms with van der Waals surface area (Å²) in [7, 11) is 1.34. The second kappa shape index (κ2) is 4.79. The number of hydrogen-bond donors (Lipinski definition) is 1. The maximum atomic E-state index is 11.6. The van der Waals surface area contributed by atoms with Crippen LogP contribution in [0, 0.1) is 10.8 Å². The average molecular weight is 279 g/mol. The minimum Gasteiger partial charge on any atom is -0.464 e. The van der Waals surface area contributed by atoms with Gasteiger partial charge in [0.1, 0.15) is 5.82 Å². The van der Waals surface area contributed by atoms with Crippen molar-refractivity contribution in [2.75, 3.05) is 12.8 Å². The summed E-state index contributed by atoms with van der Waals surface area (Å²) >= 11 is 0. The molecule has 5 heteroatoms. The van der Waals surface area contributed by atoms with Gasteiger partial charge < -0.3 is 15.0 Å². The standard InChI is InChI=1S/C15H25N3O2/c1-14(2)6-10(7-15(3,4)8-14)18-9-17-11(12(18)16)13(19)20-5/h9-10H,6-8,16H2,1-5H3. The van der Waals surface area contributed by atoms with Gasteiger partial charge in [-0.25, -0.2) is 9.78 Å². The van der Waals surface area contributed by atoms with Gasteiger partial charge in [-0.2, -0.15) is 0 Å². The van der Waals surface area contributed by atoms with E-state index in [1.807, 2.05) is 4.57 Å². The number of imidazole rings is 1.